The second-order valence-corrected chi connectivity index (χ2v) is 8.40. The summed E-state index contributed by atoms with van der Waals surface area (Å²) in [6.07, 6.45) is 9.82. The van der Waals surface area contributed by atoms with Crippen LogP contribution in [-0.4, -0.2) is 32.3 Å². The number of fused-ring (bicyclic) bond motifs is 5. The van der Waals surface area contributed by atoms with Gasteiger partial charge in [-0.15, -0.1) is 23.5 Å². The van der Waals surface area contributed by atoms with Gasteiger partial charge < -0.3 is 9.29 Å². The predicted octanol–water partition coefficient (Wildman–Crippen LogP) is 3.32. The normalized spacial score (nSPS) is 22.6. The summed E-state index contributed by atoms with van der Waals surface area (Å²) in [5, 5.41) is 10.6. The van der Waals surface area contributed by atoms with Gasteiger partial charge in [-0.1, -0.05) is 12.2 Å². The molecule has 1 aromatic rings. The number of thioether (sulfide) groups is 2. The van der Waals surface area contributed by atoms with Gasteiger partial charge in [0.2, 0.25) is 0 Å². The van der Waals surface area contributed by atoms with E-state index in [9.17, 15) is 13.5 Å². The number of benzene rings is 1. The first kappa shape index (κ1) is 15.1. The van der Waals surface area contributed by atoms with Gasteiger partial charge >= 0.3 is 10.1 Å². The van der Waals surface area contributed by atoms with E-state index in [4.69, 9.17) is 4.18 Å². The molecule has 2 unspecified atom stereocenters. The lowest BCUT2D eigenvalue weighted by Gasteiger charge is -2.22. The number of hydrogen-bond acceptors (Lipinski definition) is 6. The third-order valence-electron chi connectivity index (χ3n) is 3.89. The van der Waals surface area contributed by atoms with Gasteiger partial charge in [-0.05, 0) is 18.9 Å². The van der Waals surface area contributed by atoms with E-state index in [0.29, 0.717) is 15.5 Å². The predicted molar refractivity (Wildman–Crippen MR) is 86.4 cm³/mol. The zero-order valence-electron chi connectivity index (χ0n) is 11.9. The van der Waals surface area contributed by atoms with Crippen molar-refractivity contribution in [3.8, 4) is 11.5 Å². The van der Waals surface area contributed by atoms with Crippen LogP contribution in [0, 0.1) is 0 Å². The third-order valence-corrected chi connectivity index (χ3v) is 6.09. The molecular weight excluding hydrogens is 328 g/mol. The van der Waals surface area contributed by atoms with Crippen molar-refractivity contribution in [1.82, 2.24) is 0 Å². The van der Waals surface area contributed by atoms with Crippen molar-refractivity contribution < 1.29 is 17.7 Å². The van der Waals surface area contributed by atoms with Gasteiger partial charge in [0.15, 0.2) is 5.75 Å². The molecule has 2 aliphatic rings. The Balaban J connectivity index is 2.32. The van der Waals surface area contributed by atoms with E-state index in [2.05, 4.69) is 12.2 Å². The molecule has 114 valence electrons. The van der Waals surface area contributed by atoms with Crippen molar-refractivity contribution in [3.63, 3.8) is 0 Å². The maximum Gasteiger partial charge on any atom is 0.306 e. The first-order valence-corrected chi connectivity index (χ1v) is 10.7. The van der Waals surface area contributed by atoms with E-state index in [1.165, 1.54) is 23.5 Å². The van der Waals surface area contributed by atoms with Crippen molar-refractivity contribution in [3.05, 3.63) is 23.3 Å². The summed E-state index contributed by atoms with van der Waals surface area (Å²) < 4.78 is 28.6. The molecule has 0 heterocycles. The molecule has 7 heteroatoms. The maximum atomic E-state index is 11.6. The Morgan fingerprint density at radius 1 is 1.14 bits per heavy atom. The lowest BCUT2D eigenvalue weighted by Crippen LogP contribution is -2.11. The van der Waals surface area contributed by atoms with Gasteiger partial charge in [-0.25, -0.2) is 0 Å². The van der Waals surface area contributed by atoms with Gasteiger partial charge in [0.1, 0.15) is 5.75 Å². The van der Waals surface area contributed by atoms with Crippen molar-refractivity contribution in [2.75, 3.05) is 18.8 Å². The molecule has 1 N–H and O–H groups in total. The van der Waals surface area contributed by atoms with Crippen LogP contribution in [0.1, 0.15) is 29.4 Å². The first-order chi connectivity index (χ1) is 9.87. The molecule has 2 aliphatic carbocycles. The fraction of sp³-hybridized carbons (Fsp3) is 0.429. The highest BCUT2D eigenvalue weighted by molar-refractivity contribution is 8.01. The van der Waals surface area contributed by atoms with Crippen LogP contribution in [0.3, 0.4) is 0 Å². The number of rotatable bonds is 4. The molecular formula is C14H16O4S3. The Labute approximate surface area is 133 Å². The average Bonchev–Trinajstić information content (AvgIpc) is 3.00. The zero-order chi connectivity index (χ0) is 15.4. The Hall–Kier alpha value is -0.790. The zero-order valence-corrected chi connectivity index (χ0v) is 14.4. The molecule has 0 aromatic heterocycles. The maximum absolute atomic E-state index is 11.6. The van der Waals surface area contributed by atoms with E-state index in [1.807, 2.05) is 12.5 Å². The summed E-state index contributed by atoms with van der Waals surface area (Å²) in [6, 6.07) is 0. The Morgan fingerprint density at radius 3 is 2.24 bits per heavy atom. The lowest BCUT2D eigenvalue weighted by molar-refractivity contribution is 0.441. The van der Waals surface area contributed by atoms with E-state index >= 15 is 0 Å². The van der Waals surface area contributed by atoms with Gasteiger partial charge in [0.25, 0.3) is 0 Å². The molecule has 4 nitrogen and oxygen atoms in total. The summed E-state index contributed by atoms with van der Waals surface area (Å²) in [6.45, 7) is 0. The second-order valence-electron chi connectivity index (χ2n) is 5.19. The number of hydrogen-bond donors (Lipinski definition) is 1. The molecule has 0 radical (unpaired) electrons. The highest BCUT2D eigenvalue weighted by Gasteiger charge is 2.41. The molecule has 0 saturated heterocycles. The van der Waals surface area contributed by atoms with E-state index in [1.54, 1.807) is 0 Å². The lowest BCUT2D eigenvalue weighted by atomic mass is 9.95. The minimum Gasteiger partial charge on any atom is -0.506 e. The van der Waals surface area contributed by atoms with E-state index < -0.39 is 10.1 Å². The quantitative estimate of drug-likeness (QED) is 0.514. The smallest absolute Gasteiger partial charge is 0.306 e. The van der Waals surface area contributed by atoms with Gasteiger partial charge in [-0.3, -0.25) is 0 Å². The molecule has 21 heavy (non-hydrogen) atoms. The first-order valence-electron chi connectivity index (χ1n) is 6.45. The van der Waals surface area contributed by atoms with Crippen molar-refractivity contribution >= 4 is 33.6 Å². The van der Waals surface area contributed by atoms with Crippen LogP contribution in [0.2, 0.25) is 0 Å². The summed E-state index contributed by atoms with van der Waals surface area (Å²) >= 11 is 2.81. The van der Waals surface area contributed by atoms with Gasteiger partial charge in [0.05, 0.1) is 16.0 Å². The topological polar surface area (TPSA) is 63.6 Å². The van der Waals surface area contributed by atoms with Gasteiger partial charge in [-0.2, -0.15) is 8.42 Å². The fourth-order valence-corrected chi connectivity index (χ4v) is 5.41. The number of phenols is 1. The summed E-state index contributed by atoms with van der Waals surface area (Å²) in [5.74, 6) is 0.974. The van der Waals surface area contributed by atoms with E-state index in [-0.39, 0.29) is 17.6 Å². The standard InChI is InChI=1S/C14H16O4S3/c1-19-13-11(15)9-7-4-5-8(6-7)10(9)12(14(13)20-2)18-21(3,16)17/h4-5,7-8,15H,6H2,1-3H3. The Bertz CT molecular complexity index is 737. The number of phenolic OH excluding ortho intramolecular Hbond substituents is 1. The molecule has 2 atom stereocenters. The highest BCUT2D eigenvalue weighted by Crippen LogP contribution is 2.60. The molecule has 0 fully saturated rings. The molecule has 0 saturated carbocycles. The van der Waals surface area contributed by atoms with Crippen molar-refractivity contribution in [2.45, 2.75) is 28.0 Å². The molecule has 3 rings (SSSR count). The Kier molecular flexibility index (Phi) is 3.70. The highest BCUT2D eigenvalue weighted by atomic mass is 32.2. The van der Waals surface area contributed by atoms with Crippen LogP contribution >= 0.6 is 23.5 Å². The SMILES string of the molecule is CSc1c(O)c2c(c(OS(C)(=O)=O)c1SC)C1C=CC2C1. The van der Waals surface area contributed by atoms with Crippen molar-refractivity contribution in [1.29, 1.82) is 0 Å². The second kappa shape index (κ2) is 5.14. The molecule has 1 aromatic carbocycles. The largest absolute Gasteiger partial charge is 0.506 e. The van der Waals surface area contributed by atoms with Crippen LogP contribution in [0.5, 0.6) is 11.5 Å². The molecule has 0 aliphatic heterocycles. The molecule has 2 bridgehead atoms. The summed E-state index contributed by atoms with van der Waals surface area (Å²) in [4.78, 5) is 1.39. The van der Waals surface area contributed by atoms with Crippen LogP contribution < -0.4 is 4.18 Å². The Morgan fingerprint density at radius 2 is 1.71 bits per heavy atom. The minimum atomic E-state index is -3.61. The van der Waals surface area contributed by atoms with E-state index in [0.717, 1.165) is 23.8 Å². The van der Waals surface area contributed by atoms with Crippen LogP contribution in [0.4, 0.5) is 0 Å². The third kappa shape index (κ3) is 2.35. The van der Waals surface area contributed by atoms with Crippen LogP contribution in [-0.2, 0) is 10.1 Å². The summed E-state index contributed by atoms with van der Waals surface area (Å²) in [7, 11) is -3.61. The average molecular weight is 344 g/mol. The summed E-state index contributed by atoms with van der Waals surface area (Å²) in [5.41, 5.74) is 1.68. The number of aromatic hydroxyl groups is 1. The minimum absolute atomic E-state index is 0.134. The van der Waals surface area contributed by atoms with Gasteiger partial charge in [0, 0.05) is 23.0 Å². The number of allylic oxidation sites excluding steroid dienone is 2. The molecule has 0 spiro atoms. The fourth-order valence-electron chi connectivity index (χ4n) is 3.18. The van der Waals surface area contributed by atoms with Crippen LogP contribution in [0.15, 0.2) is 21.9 Å². The van der Waals surface area contributed by atoms with Crippen LogP contribution in [0.25, 0.3) is 0 Å². The monoisotopic (exact) mass is 344 g/mol. The molecule has 0 amide bonds. The van der Waals surface area contributed by atoms with Crippen molar-refractivity contribution in [2.24, 2.45) is 0 Å².